The van der Waals surface area contributed by atoms with E-state index in [0.29, 0.717) is 0 Å². The average molecular weight is 703 g/mol. The molecule has 0 atom stereocenters. The van der Waals surface area contributed by atoms with Crippen LogP contribution in [0.25, 0.3) is 82.5 Å². The van der Waals surface area contributed by atoms with Crippen LogP contribution >= 0.6 is 0 Å². The summed E-state index contributed by atoms with van der Waals surface area (Å²) in [5.41, 5.74) is 13.2. The molecule has 0 aliphatic rings. The average Bonchev–Trinajstić information content (AvgIpc) is 3.81. The Kier molecular flexibility index (Phi) is 7.17. The van der Waals surface area contributed by atoms with Gasteiger partial charge in [0.05, 0.1) is 11.0 Å². The molecule has 0 fully saturated rings. The van der Waals surface area contributed by atoms with Crippen molar-refractivity contribution in [1.82, 2.24) is 4.57 Å². The number of fused-ring (bicyclic) bond motifs is 8. The van der Waals surface area contributed by atoms with E-state index in [1.807, 2.05) is 6.07 Å². The molecule has 0 aliphatic carbocycles. The van der Waals surface area contributed by atoms with Crippen LogP contribution in [0.4, 0.5) is 17.1 Å². The van der Waals surface area contributed by atoms with Gasteiger partial charge in [-0.3, -0.25) is 0 Å². The SMILES string of the molecule is c1ccc(N(c2ccc(-c3ccc(-c4cc5c6ccccc6oc5c5c4c4ccccc4n5-c4ccccc4)cc3)cc2)c2ccc3ccccc3c2)cc1. The van der Waals surface area contributed by atoms with E-state index in [1.165, 1.54) is 43.8 Å². The second-order valence-electron chi connectivity index (χ2n) is 14.1. The van der Waals surface area contributed by atoms with Crippen molar-refractivity contribution in [2.45, 2.75) is 0 Å². The molecular formula is C52H34N2O. The zero-order valence-electron chi connectivity index (χ0n) is 29.9. The van der Waals surface area contributed by atoms with Crippen molar-refractivity contribution in [3.8, 4) is 27.9 Å². The fraction of sp³-hybridized carbons (Fsp3) is 0. The Labute approximate surface area is 318 Å². The van der Waals surface area contributed by atoms with Gasteiger partial charge in [0.2, 0.25) is 0 Å². The first-order valence-electron chi connectivity index (χ1n) is 18.8. The smallest absolute Gasteiger partial charge is 0.160 e. The number of furan rings is 1. The molecule has 258 valence electrons. The predicted octanol–water partition coefficient (Wildman–Crippen LogP) is 14.6. The van der Waals surface area contributed by atoms with Gasteiger partial charge >= 0.3 is 0 Å². The van der Waals surface area contributed by atoms with Gasteiger partial charge in [-0.25, -0.2) is 0 Å². The second kappa shape index (κ2) is 12.6. The molecular weight excluding hydrogens is 669 g/mol. The Morgan fingerprint density at radius 3 is 1.76 bits per heavy atom. The lowest BCUT2D eigenvalue weighted by molar-refractivity contribution is 0.671. The molecule has 0 radical (unpaired) electrons. The van der Waals surface area contributed by atoms with E-state index in [2.05, 4.69) is 210 Å². The molecule has 3 heteroatoms. The summed E-state index contributed by atoms with van der Waals surface area (Å²) in [6, 6.07) is 73.8. The van der Waals surface area contributed by atoms with Crippen molar-refractivity contribution in [2.24, 2.45) is 0 Å². The van der Waals surface area contributed by atoms with Gasteiger partial charge in [-0.1, -0.05) is 140 Å². The lowest BCUT2D eigenvalue weighted by Gasteiger charge is -2.26. The lowest BCUT2D eigenvalue weighted by atomic mass is 9.95. The standard InChI is InChI=1S/C52H34N2O/c1-3-15-40(16-4-1)53(43-32-29-35-13-7-8-14-39(35)33-43)42-30-27-37(28-31-42)36-23-25-38(26-24-36)46-34-47-44-19-10-12-22-49(44)55-52(47)51-50(46)45-20-9-11-21-48(45)54(51)41-17-5-2-6-18-41/h1-34H. The van der Waals surface area contributed by atoms with Crippen LogP contribution in [0.15, 0.2) is 211 Å². The quantitative estimate of drug-likeness (QED) is 0.172. The molecule has 0 amide bonds. The Bertz CT molecular complexity index is 3180. The van der Waals surface area contributed by atoms with Crippen LogP contribution in [0, 0.1) is 0 Å². The van der Waals surface area contributed by atoms with Crippen LogP contribution in [0.3, 0.4) is 0 Å². The normalized spacial score (nSPS) is 11.6. The molecule has 0 aliphatic heterocycles. The van der Waals surface area contributed by atoms with Gasteiger partial charge in [0.1, 0.15) is 5.58 Å². The number of benzene rings is 9. The molecule has 55 heavy (non-hydrogen) atoms. The van der Waals surface area contributed by atoms with Crippen LogP contribution in [-0.2, 0) is 0 Å². The van der Waals surface area contributed by atoms with Crippen molar-refractivity contribution in [1.29, 1.82) is 0 Å². The van der Waals surface area contributed by atoms with Crippen molar-refractivity contribution in [2.75, 3.05) is 4.90 Å². The highest BCUT2D eigenvalue weighted by molar-refractivity contribution is 6.26. The van der Waals surface area contributed by atoms with Crippen LogP contribution in [0.2, 0.25) is 0 Å². The number of nitrogens with zero attached hydrogens (tertiary/aromatic N) is 2. The third kappa shape index (κ3) is 5.13. The summed E-state index contributed by atoms with van der Waals surface area (Å²) in [6.07, 6.45) is 0. The number of anilines is 3. The van der Waals surface area contributed by atoms with Crippen molar-refractivity contribution < 1.29 is 4.42 Å². The lowest BCUT2D eigenvalue weighted by Crippen LogP contribution is -2.09. The maximum Gasteiger partial charge on any atom is 0.160 e. The molecule has 0 saturated carbocycles. The van der Waals surface area contributed by atoms with E-state index in [1.54, 1.807) is 0 Å². The van der Waals surface area contributed by atoms with Gasteiger partial charge in [0.15, 0.2) is 5.58 Å². The maximum atomic E-state index is 6.70. The minimum Gasteiger partial charge on any atom is -0.454 e. The van der Waals surface area contributed by atoms with Gasteiger partial charge in [0.25, 0.3) is 0 Å². The summed E-state index contributed by atoms with van der Waals surface area (Å²) >= 11 is 0. The number of rotatable bonds is 6. The molecule has 11 rings (SSSR count). The van der Waals surface area contributed by atoms with Crippen LogP contribution in [0.5, 0.6) is 0 Å². The van der Waals surface area contributed by atoms with Crippen molar-refractivity contribution >= 4 is 71.6 Å². The van der Waals surface area contributed by atoms with E-state index < -0.39 is 0 Å². The van der Waals surface area contributed by atoms with E-state index in [-0.39, 0.29) is 0 Å². The highest BCUT2D eigenvalue weighted by Gasteiger charge is 2.23. The molecule has 0 bridgehead atoms. The molecule has 3 nitrogen and oxygen atoms in total. The van der Waals surface area contributed by atoms with Gasteiger partial charge in [-0.05, 0) is 99.8 Å². The molecule has 9 aromatic carbocycles. The van der Waals surface area contributed by atoms with Crippen LogP contribution in [0.1, 0.15) is 0 Å². The van der Waals surface area contributed by atoms with E-state index >= 15 is 0 Å². The molecule has 2 aromatic heterocycles. The summed E-state index contributed by atoms with van der Waals surface area (Å²) < 4.78 is 9.07. The summed E-state index contributed by atoms with van der Waals surface area (Å²) in [6.45, 7) is 0. The number of hydrogen-bond donors (Lipinski definition) is 0. The topological polar surface area (TPSA) is 21.3 Å². The summed E-state index contributed by atoms with van der Waals surface area (Å²) in [4.78, 5) is 2.33. The Morgan fingerprint density at radius 1 is 0.400 bits per heavy atom. The minimum atomic E-state index is 0.894. The third-order valence-corrected chi connectivity index (χ3v) is 11.0. The molecule has 11 aromatic rings. The number of hydrogen-bond acceptors (Lipinski definition) is 2. The molecule has 0 spiro atoms. The molecule has 0 N–H and O–H groups in total. The number of para-hydroxylation sites is 4. The van der Waals surface area contributed by atoms with Gasteiger partial charge < -0.3 is 13.9 Å². The van der Waals surface area contributed by atoms with Crippen molar-refractivity contribution in [3.63, 3.8) is 0 Å². The Hall–Kier alpha value is -7.36. The van der Waals surface area contributed by atoms with Gasteiger partial charge in [0, 0.05) is 44.3 Å². The molecule has 0 unspecified atom stereocenters. The first-order chi connectivity index (χ1) is 27.3. The Morgan fingerprint density at radius 2 is 0.982 bits per heavy atom. The summed E-state index contributed by atoms with van der Waals surface area (Å²) in [5, 5.41) is 7.09. The highest BCUT2D eigenvalue weighted by Crippen LogP contribution is 2.45. The zero-order chi connectivity index (χ0) is 36.3. The van der Waals surface area contributed by atoms with Gasteiger partial charge in [-0.2, -0.15) is 0 Å². The van der Waals surface area contributed by atoms with E-state index in [0.717, 1.165) is 55.7 Å². The first-order valence-corrected chi connectivity index (χ1v) is 18.8. The van der Waals surface area contributed by atoms with E-state index in [9.17, 15) is 0 Å². The summed E-state index contributed by atoms with van der Waals surface area (Å²) in [5.74, 6) is 0. The zero-order valence-corrected chi connectivity index (χ0v) is 29.9. The van der Waals surface area contributed by atoms with Crippen LogP contribution < -0.4 is 4.90 Å². The van der Waals surface area contributed by atoms with Crippen molar-refractivity contribution in [3.05, 3.63) is 206 Å². The predicted molar refractivity (Wildman–Crippen MR) is 231 cm³/mol. The monoisotopic (exact) mass is 702 g/mol. The van der Waals surface area contributed by atoms with Gasteiger partial charge in [-0.15, -0.1) is 0 Å². The highest BCUT2D eigenvalue weighted by atomic mass is 16.3. The molecule has 0 saturated heterocycles. The minimum absolute atomic E-state index is 0.894. The fourth-order valence-corrected chi connectivity index (χ4v) is 8.39. The van der Waals surface area contributed by atoms with E-state index in [4.69, 9.17) is 4.42 Å². The number of aromatic nitrogens is 1. The second-order valence-corrected chi connectivity index (χ2v) is 14.1. The largest absolute Gasteiger partial charge is 0.454 e. The fourth-order valence-electron chi connectivity index (χ4n) is 8.39. The van der Waals surface area contributed by atoms with Crippen LogP contribution in [-0.4, -0.2) is 4.57 Å². The third-order valence-electron chi connectivity index (χ3n) is 11.0. The maximum absolute atomic E-state index is 6.70. The Balaban J connectivity index is 1.03. The molecule has 2 heterocycles. The first kappa shape index (κ1) is 31.2. The summed E-state index contributed by atoms with van der Waals surface area (Å²) in [7, 11) is 0.